The van der Waals surface area contributed by atoms with E-state index >= 15 is 0 Å². The quantitative estimate of drug-likeness (QED) is 0.220. The van der Waals surface area contributed by atoms with Gasteiger partial charge in [0.2, 0.25) is 16.0 Å². The molecule has 4 N–H and O–H groups in total. The maximum Gasteiger partial charge on any atom is 0.269 e. The van der Waals surface area contributed by atoms with Crippen LogP contribution in [0.25, 0.3) is 27.7 Å². The molecule has 1 atom stereocenters. The molecule has 0 saturated heterocycles. The van der Waals surface area contributed by atoms with E-state index in [2.05, 4.69) is 25.0 Å². The molecule has 0 amide bonds. The van der Waals surface area contributed by atoms with Crippen LogP contribution >= 0.6 is 0 Å². The standard InChI is InChI=1S/C31H33FN8O3S/c1-6-23(28-37-24-14-10-13-22(32)26(24)29(41)40(28)20-11-8-7-9-12-20)36-27-25(18(2)35-30(33)38-27)19-15-21(17-34-16-19)44(42,43)39-31(3,4)5/h7-17,23,39H,6H2,1-5H3,(H3,33,35,36,38). The molecule has 3 aromatic heterocycles. The summed E-state index contributed by atoms with van der Waals surface area (Å²) in [5.41, 5.74) is 6.92. The Morgan fingerprint density at radius 1 is 1.02 bits per heavy atom. The third-order valence-corrected chi connectivity index (χ3v) is 8.50. The van der Waals surface area contributed by atoms with Crippen LogP contribution in [0.5, 0.6) is 0 Å². The molecule has 1 unspecified atom stereocenters. The number of nitrogens with two attached hydrogens (primary N) is 1. The maximum atomic E-state index is 14.9. The van der Waals surface area contributed by atoms with E-state index in [0.29, 0.717) is 34.8 Å². The number of nitrogens with zero attached hydrogens (tertiary/aromatic N) is 5. The summed E-state index contributed by atoms with van der Waals surface area (Å²) in [4.78, 5) is 31.5. The molecular weight excluding hydrogens is 583 g/mol. The van der Waals surface area contributed by atoms with Gasteiger partial charge in [0.15, 0.2) is 0 Å². The Labute approximate surface area is 254 Å². The molecule has 0 saturated carbocycles. The summed E-state index contributed by atoms with van der Waals surface area (Å²) in [5.74, 6) is -0.0627. The lowest BCUT2D eigenvalue weighted by Gasteiger charge is -2.24. The van der Waals surface area contributed by atoms with Gasteiger partial charge in [-0.15, -0.1) is 0 Å². The van der Waals surface area contributed by atoms with E-state index in [1.807, 2.05) is 13.0 Å². The van der Waals surface area contributed by atoms with Gasteiger partial charge in [0, 0.05) is 29.1 Å². The average Bonchev–Trinajstić information content (AvgIpc) is 2.95. The molecule has 0 aliphatic carbocycles. The normalized spacial score (nSPS) is 12.8. The summed E-state index contributed by atoms with van der Waals surface area (Å²) in [7, 11) is -3.90. The number of benzene rings is 2. The van der Waals surface area contributed by atoms with Crippen molar-refractivity contribution in [2.75, 3.05) is 11.1 Å². The van der Waals surface area contributed by atoms with Crippen molar-refractivity contribution in [1.29, 1.82) is 0 Å². The van der Waals surface area contributed by atoms with Gasteiger partial charge in [-0.25, -0.2) is 27.5 Å². The van der Waals surface area contributed by atoms with Gasteiger partial charge in [0.1, 0.15) is 27.7 Å². The van der Waals surface area contributed by atoms with Crippen molar-refractivity contribution in [2.45, 2.75) is 57.5 Å². The minimum absolute atomic E-state index is 0.0104. The lowest BCUT2D eigenvalue weighted by molar-refractivity contribution is 0.491. The summed E-state index contributed by atoms with van der Waals surface area (Å²) in [6.45, 7) is 8.87. The summed E-state index contributed by atoms with van der Waals surface area (Å²) in [6, 6.07) is 14.1. The Balaban J connectivity index is 1.68. The highest BCUT2D eigenvalue weighted by atomic mass is 32.2. The number of pyridine rings is 1. The highest BCUT2D eigenvalue weighted by Crippen LogP contribution is 2.34. The molecule has 0 aliphatic rings. The number of para-hydroxylation sites is 1. The van der Waals surface area contributed by atoms with E-state index in [1.54, 1.807) is 58.0 Å². The lowest BCUT2D eigenvalue weighted by atomic mass is 10.1. The van der Waals surface area contributed by atoms with Gasteiger partial charge >= 0.3 is 0 Å². The third-order valence-electron chi connectivity index (χ3n) is 6.78. The number of aromatic nitrogens is 5. The fourth-order valence-electron chi connectivity index (χ4n) is 4.99. The third kappa shape index (κ3) is 6.15. The van der Waals surface area contributed by atoms with E-state index in [9.17, 15) is 17.6 Å². The number of nitrogen functional groups attached to an aromatic ring is 1. The molecule has 0 aliphatic heterocycles. The largest absolute Gasteiger partial charge is 0.368 e. The molecule has 0 bridgehead atoms. The van der Waals surface area contributed by atoms with Crippen molar-refractivity contribution in [2.24, 2.45) is 0 Å². The molecule has 0 radical (unpaired) electrons. The van der Waals surface area contributed by atoms with Gasteiger partial charge in [0.05, 0.1) is 22.9 Å². The zero-order valence-electron chi connectivity index (χ0n) is 25.0. The Morgan fingerprint density at radius 3 is 2.43 bits per heavy atom. The van der Waals surface area contributed by atoms with Crippen LogP contribution in [0.2, 0.25) is 0 Å². The van der Waals surface area contributed by atoms with Crippen LogP contribution in [0, 0.1) is 12.7 Å². The lowest BCUT2D eigenvalue weighted by Crippen LogP contribution is -2.40. The van der Waals surface area contributed by atoms with Crippen molar-refractivity contribution in [1.82, 2.24) is 29.2 Å². The molecule has 0 spiro atoms. The summed E-state index contributed by atoms with van der Waals surface area (Å²) in [5, 5.41) is 3.25. The number of fused-ring (bicyclic) bond motifs is 1. The Bertz CT molecular complexity index is 2030. The highest BCUT2D eigenvalue weighted by molar-refractivity contribution is 7.89. The molecular formula is C31H33FN8O3S. The van der Waals surface area contributed by atoms with Crippen LogP contribution in [0.15, 0.2) is 76.7 Å². The Morgan fingerprint density at radius 2 is 1.75 bits per heavy atom. The zero-order valence-corrected chi connectivity index (χ0v) is 25.8. The van der Waals surface area contributed by atoms with Crippen molar-refractivity contribution in [3.05, 3.63) is 94.7 Å². The zero-order chi connectivity index (χ0) is 31.8. The number of nitrogens with one attached hydrogen (secondary N) is 2. The van der Waals surface area contributed by atoms with Gasteiger partial charge in [0.25, 0.3) is 5.56 Å². The summed E-state index contributed by atoms with van der Waals surface area (Å²) < 4.78 is 45.1. The van der Waals surface area contributed by atoms with E-state index in [0.717, 1.165) is 0 Å². The predicted molar refractivity (Wildman–Crippen MR) is 168 cm³/mol. The molecule has 0 fully saturated rings. The SMILES string of the molecule is CCC(Nc1nc(N)nc(C)c1-c1cncc(S(=O)(=O)NC(C)(C)C)c1)c1nc2cccc(F)c2c(=O)n1-c1ccccc1. The second kappa shape index (κ2) is 11.7. The molecule has 3 heterocycles. The Kier molecular flexibility index (Phi) is 8.19. The number of halogens is 1. The first kappa shape index (κ1) is 30.7. The van der Waals surface area contributed by atoms with Crippen LogP contribution in [-0.4, -0.2) is 38.5 Å². The maximum absolute atomic E-state index is 14.9. The molecule has 5 rings (SSSR count). The number of hydrogen-bond donors (Lipinski definition) is 3. The second-order valence-electron chi connectivity index (χ2n) is 11.3. The molecule has 13 heteroatoms. The van der Waals surface area contributed by atoms with Crippen LogP contribution in [0.1, 0.15) is 51.7 Å². The smallest absolute Gasteiger partial charge is 0.269 e. The fraction of sp³-hybridized carbons (Fsp3) is 0.258. The number of rotatable bonds is 8. The molecule has 5 aromatic rings. The summed E-state index contributed by atoms with van der Waals surface area (Å²) >= 11 is 0. The molecule has 2 aromatic carbocycles. The van der Waals surface area contributed by atoms with Crippen LogP contribution in [0.4, 0.5) is 16.2 Å². The van der Waals surface area contributed by atoms with Gasteiger partial charge in [-0.1, -0.05) is 31.2 Å². The highest BCUT2D eigenvalue weighted by Gasteiger charge is 2.26. The minimum atomic E-state index is -3.90. The Hall–Kier alpha value is -4.75. The van der Waals surface area contributed by atoms with Gasteiger partial charge in [-0.3, -0.25) is 14.3 Å². The van der Waals surface area contributed by atoms with Gasteiger partial charge < -0.3 is 11.1 Å². The first-order chi connectivity index (χ1) is 20.8. The predicted octanol–water partition coefficient (Wildman–Crippen LogP) is 4.91. The van der Waals surface area contributed by atoms with E-state index in [4.69, 9.17) is 10.7 Å². The van der Waals surface area contributed by atoms with Crippen molar-refractivity contribution in [3.8, 4) is 16.8 Å². The van der Waals surface area contributed by atoms with E-state index < -0.39 is 33.0 Å². The van der Waals surface area contributed by atoms with E-state index in [1.165, 1.54) is 35.2 Å². The first-order valence-electron chi connectivity index (χ1n) is 14.0. The van der Waals surface area contributed by atoms with Crippen molar-refractivity contribution < 1.29 is 12.8 Å². The number of aryl methyl sites for hydroxylation is 1. The van der Waals surface area contributed by atoms with Crippen LogP contribution < -0.4 is 21.3 Å². The first-order valence-corrected chi connectivity index (χ1v) is 15.4. The van der Waals surface area contributed by atoms with Crippen molar-refractivity contribution in [3.63, 3.8) is 0 Å². The number of hydrogen-bond acceptors (Lipinski definition) is 9. The molecule has 228 valence electrons. The summed E-state index contributed by atoms with van der Waals surface area (Å²) in [6.07, 6.45) is 3.22. The fourth-order valence-corrected chi connectivity index (χ4v) is 6.40. The van der Waals surface area contributed by atoms with Crippen LogP contribution in [0.3, 0.4) is 0 Å². The van der Waals surface area contributed by atoms with Gasteiger partial charge in [-0.2, -0.15) is 4.98 Å². The van der Waals surface area contributed by atoms with Crippen LogP contribution in [-0.2, 0) is 10.0 Å². The molecule has 11 nitrogen and oxygen atoms in total. The van der Waals surface area contributed by atoms with Crippen molar-refractivity contribution >= 4 is 32.7 Å². The molecule has 44 heavy (non-hydrogen) atoms. The monoisotopic (exact) mass is 616 g/mol. The number of sulfonamides is 1. The average molecular weight is 617 g/mol. The van der Waals surface area contributed by atoms with E-state index in [-0.39, 0.29) is 27.6 Å². The topological polar surface area (TPSA) is 158 Å². The second-order valence-corrected chi connectivity index (χ2v) is 13.0. The number of anilines is 2. The minimum Gasteiger partial charge on any atom is -0.368 e. The van der Waals surface area contributed by atoms with Gasteiger partial charge in [-0.05, 0) is 64.4 Å².